The Morgan fingerprint density at radius 3 is 1.80 bits per heavy atom. The molecule has 1 heterocycles. The topological polar surface area (TPSA) is 63.6 Å². The molecule has 1 aliphatic heterocycles. The number of aryl methyl sites for hydroxylation is 6. The van der Waals surface area contributed by atoms with E-state index in [1.807, 2.05) is 30.7 Å². The van der Waals surface area contributed by atoms with Crippen LogP contribution < -0.4 is 14.5 Å². The summed E-state index contributed by atoms with van der Waals surface area (Å²) in [6, 6.07) is 14.6. The number of ether oxygens (including phenoxy) is 2. The Balaban J connectivity index is 0.000000242. The molecule has 0 unspecified atom stereocenters. The standard InChI is InChI=1S/C21H27N2.C12H17NO4S.2ClH.Ru/c1-14-9-16(3)20(17(4)10-14)22-7-8-23(13-22)21-18(5)11-15(2)12-19(21)6;1-10-9-11(18(3,4)17-13-14)5-6-12(10)16-8-7-15-2;;;/h9-13H,7-8H2,1-6H3;1,5-6,9H,7-8H2,2-4H3;2*1H;/q-1;;;;+2/p-2. The van der Waals surface area contributed by atoms with E-state index >= 15 is 0 Å². The molecule has 0 amide bonds. The van der Waals surface area contributed by atoms with Crippen molar-refractivity contribution in [3.05, 3.63) is 93.0 Å². The van der Waals surface area contributed by atoms with Crippen LogP contribution in [-0.2, 0) is 22.5 Å². The Hall–Kier alpha value is -2.16. The van der Waals surface area contributed by atoms with Crippen molar-refractivity contribution in [3.63, 3.8) is 0 Å². The number of methoxy groups -OCH3 is 1. The second kappa shape index (κ2) is 16.4. The Bertz CT molecular complexity index is 1390. The predicted molar refractivity (Wildman–Crippen MR) is 186 cm³/mol. The number of hydrogen-bond donors (Lipinski definition) is 0. The van der Waals surface area contributed by atoms with Crippen molar-refractivity contribution in [2.45, 2.75) is 46.4 Å². The van der Waals surface area contributed by atoms with Gasteiger partial charge in [-0.05, 0) is 63.8 Å². The molecule has 0 spiro atoms. The predicted octanol–water partition coefficient (Wildman–Crippen LogP) is 8.81. The first kappa shape index (κ1) is 36.3. The summed E-state index contributed by atoms with van der Waals surface area (Å²) in [5.74, 6) is 0.671. The van der Waals surface area contributed by atoms with Gasteiger partial charge in [0, 0.05) is 24.5 Å². The van der Waals surface area contributed by atoms with E-state index in [0.717, 1.165) is 23.5 Å². The molecule has 0 N–H and O–H groups in total. The second-order valence-electron chi connectivity index (χ2n) is 11.2. The van der Waals surface area contributed by atoms with E-state index in [4.69, 9.17) is 33.1 Å². The fraction of sp³-hybridized carbons (Fsp3) is 0.394. The summed E-state index contributed by atoms with van der Waals surface area (Å²) in [5, 5.41) is 2.54. The van der Waals surface area contributed by atoms with Crippen molar-refractivity contribution in [2.24, 2.45) is 5.34 Å². The van der Waals surface area contributed by atoms with Crippen LogP contribution in [0, 0.1) is 53.1 Å². The minimum Gasteiger partial charge on any atom is -0.502 e. The Morgan fingerprint density at radius 1 is 0.864 bits per heavy atom. The normalized spacial score (nSPS) is 13.7. The maximum Gasteiger partial charge on any atom is 0.0146 e. The van der Waals surface area contributed by atoms with Gasteiger partial charge < -0.3 is 9.80 Å². The average Bonchev–Trinajstić information content (AvgIpc) is 3.37. The molecule has 0 aromatic heterocycles. The quantitative estimate of drug-likeness (QED) is 0.0679. The molecular weight excluding hydrogens is 706 g/mol. The van der Waals surface area contributed by atoms with Gasteiger partial charge in [0.15, 0.2) is 0 Å². The monoisotopic (exact) mass is 750 g/mol. The molecule has 7 nitrogen and oxygen atoms in total. The molecule has 4 rings (SSSR count). The van der Waals surface area contributed by atoms with Crippen LogP contribution in [0.1, 0.15) is 38.9 Å². The average molecular weight is 751 g/mol. The zero-order valence-electron chi connectivity index (χ0n) is 27.0. The van der Waals surface area contributed by atoms with Gasteiger partial charge in [-0.25, -0.2) is 0 Å². The van der Waals surface area contributed by atoms with Gasteiger partial charge in [0.25, 0.3) is 0 Å². The van der Waals surface area contributed by atoms with Crippen LogP contribution in [0.5, 0.6) is 5.75 Å². The molecule has 11 heteroatoms. The molecule has 0 atom stereocenters. The zero-order chi connectivity index (χ0) is 32.6. The van der Waals surface area contributed by atoms with E-state index in [-0.39, 0.29) is 0 Å². The Kier molecular flexibility index (Phi) is 13.5. The number of anilines is 2. The first-order chi connectivity index (χ1) is 20.8. The largest absolute Gasteiger partial charge is 0.502 e. The van der Waals surface area contributed by atoms with E-state index in [1.54, 1.807) is 11.7 Å². The Labute approximate surface area is 277 Å². The van der Waals surface area contributed by atoms with Crippen LogP contribution in [0.2, 0.25) is 0 Å². The number of rotatable bonds is 10. The van der Waals surface area contributed by atoms with Gasteiger partial charge in [-0.3, -0.25) is 0 Å². The molecule has 1 fully saturated rings. The summed E-state index contributed by atoms with van der Waals surface area (Å²) >= 11 is -2.01. The van der Waals surface area contributed by atoms with Gasteiger partial charge in [0.05, 0.1) is 0 Å². The van der Waals surface area contributed by atoms with Crippen molar-refractivity contribution < 1.29 is 27.3 Å². The molecule has 0 aliphatic carbocycles. The van der Waals surface area contributed by atoms with Crippen molar-refractivity contribution in [1.29, 1.82) is 0 Å². The van der Waals surface area contributed by atoms with Crippen LogP contribution in [0.25, 0.3) is 0 Å². The fourth-order valence-corrected chi connectivity index (χ4v) is 8.40. The smallest absolute Gasteiger partial charge is 0.0146 e. The maximum absolute atomic E-state index is 10.4. The number of hydrogen-bond acceptors (Lipinski definition) is 7. The van der Waals surface area contributed by atoms with Crippen molar-refractivity contribution >= 4 is 45.7 Å². The molecule has 1 aliphatic rings. The van der Waals surface area contributed by atoms with Crippen LogP contribution in [-0.4, -0.2) is 50.5 Å². The third kappa shape index (κ3) is 9.67. The minimum absolute atomic E-state index is 0.427. The second-order valence-corrected chi connectivity index (χ2v) is 20.0. The zero-order valence-corrected chi connectivity index (χ0v) is 31.1. The minimum atomic E-state index is -2.01. The molecule has 0 radical (unpaired) electrons. The van der Waals surface area contributed by atoms with Crippen LogP contribution >= 0.6 is 29.7 Å². The molecule has 1 saturated heterocycles. The first-order valence-electron chi connectivity index (χ1n) is 14.1. The first-order valence-corrected chi connectivity index (χ1v) is 22.0. The third-order valence-electron chi connectivity index (χ3n) is 7.20. The number of halogens is 2. The van der Waals surface area contributed by atoms with Crippen LogP contribution in [0.3, 0.4) is 0 Å². The molecule has 3 aromatic rings. The van der Waals surface area contributed by atoms with Crippen molar-refractivity contribution in [2.75, 3.05) is 55.7 Å². The molecule has 244 valence electrons. The summed E-state index contributed by atoms with van der Waals surface area (Å²) < 4.78 is 17.3. The van der Waals surface area contributed by atoms with Gasteiger partial charge in [-0.1, -0.05) is 35.4 Å². The number of benzene rings is 3. The molecule has 44 heavy (non-hydrogen) atoms. The van der Waals surface area contributed by atoms with E-state index in [1.165, 1.54) is 44.8 Å². The molecular formula is C33H44Cl2N3O4RuS-. The Morgan fingerprint density at radius 2 is 1.36 bits per heavy atom. The summed E-state index contributed by atoms with van der Waals surface area (Å²) in [6.07, 6.45) is 3.66. The molecule has 0 bridgehead atoms. The summed E-state index contributed by atoms with van der Waals surface area (Å²) in [4.78, 5) is 16.0. The summed E-state index contributed by atoms with van der Waals surface area (Å²) in [6.45, 7) is 18.5. The fourth-order valence-electron chi connectivity index (χ4n) is 5.57. The van der Waals surface area contributed by atoms with Gasteiger partial charge in [0.1, 0.15) is 0 Å². The van der Waals surface area contributed by atoms with Gasteiger partial charge >= 0.3 is 139 Å². The van der Waals surface area contributed by atoms with E-state index in [2.05, 4.69) is 87.6 Å². The van der Waals surface area contributed by atoms with Gasteiger partial charge in [0.2, 0.25) is 0 Å². The van der Waals surface area contributed by atoms with E-state index in [0.29, 0.717) is 19.0 Å². The van der Waals surface area contributed by atoms with Gasteiger partial charge in [-0.15, -0.1) is 0 Å². The third-order valence-corrected chi connectivity index (χ3v) is 10.9. The number of nitrogens with zero attached hydrogens (tertiary/aromatic N) is 3. The van der Waals surface area contributed by atoms with Crippen LogP contribution in [0.15, 0.2) is 52.7 Å². The molecule has 3 aromatic carbocycles. The maximum atomic E-state index is 10.4. The van der Waals surface area contributed by atoms with Gasteiger partial charge in [-0.2, -0.15) is 6.67 Å². The van der Waals surface area contributed by atoms with E-state index in [9.17, 15) is 4.91 Å². The van der Waals surface area contributed by atoms with Crippen molar-refractivity contribution in [3.8, 4) is 5.75 Å². The SMILES string of the molecule is COCCOc1ccc(S(C)(C)ON=O)cc1[CH]=[Ru]([Cl])[Cl].Cc1cc(C)c(N2[CH-]N(c3c(C)cc(C)cc3C)CC2)c(C)c1. The van der Waals surface area contributed by atoms with Crippen molar-refractivity contribution in [1.82, 2.24) is 0 Å². The van der Waals surface area contributed by atoms with Crippen LogP contribution in [0.4, 0.5) is 11.4 Å². The van der Waals surface area contributed by atoms with E-state index < -0.39 is 23.8 Å². The summed E-state index contributed by atoms with van der Waals surface area (Å²) in [7, 11) is 11.8. The molecule has 0 saturated carbocycles. The summed E-state index contributed by atoms with van der Waals surface area (Å²) in [5.41, 5.74) is 11.6.